The normalized spacial score (nSPS) is 11.7. The Labute approximate surface area is 178 Å². The Bertz CT molecular complexity index is 859. The SMILES string of the molecule is CCNC(=O)[C@H](C)N(Cc1cccc(C)c1)C(=O)COc1cc(C)c(Cl)c(C)c1. The first-order valence-electron chi connectivity index (χ1n) is 9.75. The molecule has 5 nitrogen and oxygen atoms in total. The van der Waals surface area contributed by atoms with E-state index in [1.807, 2.05) is 52.0 Å². The molecular weight excluding hydrogens is 388 g/mol. The van der Waals surface area contributed by atoms with Gasteiger partial charge in [0.2, 0.25) is 5.91 Å². The zero-order valence-corrected chi connectivity index (χ0v) is 18.5. The van der Waals surface area contributed by atoms with Crippen molar-refractivity contribution in [2.75, 3.05) is 13.2 Å². The fraction of sp³-hybridized carbons (Fsp3) is 0.391. The van der Waals surface area contributed by atoms with E-state index >= 15 is 0 Å². The molecule has 2 amide bonds. The van der Waals surface area contributed by atoms with Crippen LogP contribution in [0.15, 0.2) is 36.4 Å². The van der Waals surface area contributed by atoms with Gasteiger partial charge in [0.05, 0.1) is 0 Å². The minimum atomic E-state index is -0.611. The standard InChI is InChI=1S/C23H29ClN2O3/c1-6-25-23(28)18(5)26(13-19-9-7-8-15(2)10-19)21(27)14-29-20-11-16(3)22(24)17(4)12-20/h7-12,18H,6,13-14H2,1-5H3,(H,25,28)/t18-/m0/s1. The van der Waals surface area contributed by atoms with E-state index in [2.05, 4.69) is 5.32 Å². The lowest BCUT2D eigenvalue weighted by Gasteiger charge is -2.28. The van der Waals surface area contributed by atoms with E-state index < -0.39 is 6.04 Å². The maximum absolute atomic E-state index is 13.0. The van der Waals surface area contributed by atoms with Crippen molar-refractivity contribution in [1.82, 2.24) is 10.2 Å². The number of rotatable bonds is 8. The monoisotopic (exact) mass is 416 g/mol. The van der Waals surface area contributed by atoms with Gasteiger partial charge < -0.3 is 15.0 Å². The number of carbonyl (C=O) groups excluding carboxylic acids is 2. The summed E-state index contributed by atoms with van der Waals surface area (Å²) >= 11 is 6.20. The molecule has 2 aromatic rings. The van der Waals surface area contributed by atoms with E-state index in [4.69, 9.17) is 16.3 Å². The van der Waals surface area contributed by atoms with E-state index in [1.54, 1.807) is 24.0 Å². The summed E-state index contributed by atoms with van der Waals surface area (Å²) in [7, 11) is 0. The van der Waals surface area contributed by atoms with Crippen molar-refractivity contribution in [2.24, 2.45) is 0 Å². The smallest absolute Gasteiger partial charge is 0.261 e. The van der Waals surface area contributed by atoms with E-state index in [-0.39, 0.29) is 18.4 Å². The second-order valence-corrected chi connectivity index (χ2v) is 7.62. The van der Waals surface area contributed by atoms with Crippen LogP contribution in [-0.2, 0) is 16.1 Å². The third-order valence-electron chi connectivity index (χ3n) is 4.73. The van der Waals surface area contributed by atoms with Crippen LogP contribution in [0, 0.1) is 20.8 Å². The molecule has 1 atom stereocenters. The van der Waals surface area contributed by atoms with Crippen molar-refractivity contribution in [3.8, 4) is 5.75 Å². The summed E-state index contributed by atoms with van der Waals surface area (Å²) in [6.07, 6.45) is 0. The van der Waals surface area contributed by atoms with Crippen molar-refractivity contribution in [3.63, 3.8) is 0 Å². The van der Waals surface area contributed by atoms with Gasteiger partial charge in [-0.3, -0.25) is 9.59 Å². The fourth-order valence-electron chi connectivity index (χ4n) is 3.13. The van der Waals surface area contributed by atoms with Crippen LogP contribution in [-0.4, -0.2) is 35.9 Å². The summed E-state index contributed by atoms with van der Waals surface area (Å²) in [6, 6.07) is 10.9. The number of ether oxygens (including phenoxy) is 1. The summed E-state index contributed by atoms with van der Waals surface area (Å²) in [5, 5.41) is 3.47. The van der Waals surface area contributed by atoms with Crippen LogP contribution in [0.2, 0.25) is 5.02 Å². The van der Waals surface area contributed by atoms with Gasteiger partial charge in [-0.25, -0.2) is 0 Å². The Kier molecular flexibility index (Phi) is 8.09. The van der Waals surface area contributed by atoms with Crippen molar-refractivity contribution in [1.29, 1.82) is 0 Å². The highest BCUT2D eigenvalue weighted by Crippen LogP contribution is 2.26. The molecule has 0 aliphatic carbocycles. The van der Waals surface area contributed by atoms with E-state index in [0.29, 0.717) is 23.9 Å². The average Bonchev–Trinajstić information content (AvgIpc) is 2.68. The lowest BCUT2D eigenvalue weighted by Crippen LogP contribution is -2.49. The zero-order chi connectivity index (χ0) is 21.6. The van der Waals surface area contributed by atoms with Crippen molar-refractivity contribution < 1.29 is 14.3 Å². The van der Waals surface area contributed by atoms with E-state index in [1.165, 1.54) is 0 Å². The molecule has 29 heavy (non-hydrogen) atoms. The number of nitrogens with zero attached hydrogens (tertiary/aromatic N) is 1. The Morgan fingerprint density at radius 3 is 2.38 bits per heavy atom. The second kappa shape index (κ2) is 10.3. The van der Waals surface area contributed by atoms with Crippen LogP contribution in [0.3, 0.4) is 0 Å². The Morgan fingerprint density at radius 1 is 1.14 bits per heavy atom. The Balaban J connectivity index is 2.18. The summed E-state index contributed by atoms with van der Waals surface area (Å²) in [5.41, 5.74) is 3.85. The van der Waals surface area contributed by atoms with Gasteiger partial charge in [0, 0.05) is 18.1 Å². The maximum Gasteiger partial charge on any atom is 0.261 e. The maximum atomic E-state index is 13.0. The topological polar surface area (TPSA) is 58.6 Å². The van der Waals surface area contributed by atoms with Gasteiger partial charge in [-0.2, -0.15) is 0 Å². The molecule has 6 heteroatoms. The first-order chi connectivity index (χ1) is 13.7. The molecule has 0 spiro atoms. The van der Waals surface area contributed by atoms with Gasteiger partial charge >= 0.3 is 0 Å². The van der Waals surface area contributed by atoms with Crippen LogP contribution >= 0.6 is 11.6 Å². The Hall–Kier alpha value is -2.53. The molecule has 156 valence electrons. The summed E-state index contributed by atoms with van der Waals surface area (Å²) in [6.45, 7) is 10.1. The molecule has 0 bridgehead atoms. The predicted octanol–water partition coefficient (Wildman–Crippen LogP) is 4.20. The highest BCUT2D eigenvalue weighted by Gasteiger charge is 2.26. The summed E-state index contributed by atoms with van der Waals surface area (Å²) in [5.74, 6) is 0.140. The zero-order valence-electron chi connectivity index (χ0n) is 17.7. The van der Waals surface area contributed by atoms with E-state index in [9.17, 15) is 9.59 Å². The number of aryl methyl sites for hydroxylation is 3. The number of halogens is 1. The minimum Gasteiger partial charge on any atom is -0.484 e. The lowest BCUT2D eigenvalue weighted by atomic mass is 10.1. The summed E-state index contributed by atoms with van der Waals surface area (Å²) in [4.78, 5) is 26.9. The van der Waals surface area contributed by atoms with Gasteiger partial charge in [0.1, 0.15) is 11.8 Å². The van der Waals surface area contributed by atoms with Gasteiger partial charge in [-0.15, -0.1) is 0 Å². The largest absolute Gasteiger partial charge is 0.484 e. The van der Waals surface area contributed by atoms with Gasteiger partial charge in [0.25, 0.3) is 5.91 Å². The highest BCUT2D eigenvalue weighted by molar-refractivity contribution is 6.32. The van der Waals surface area contributed by atoms with Gasteiger partial charge in [0.15, 0.2) is 6.61 Å². The van der Waals surface area contributed by atoms with Crippen LogP contribution in [0.5, 0.6) is 5.75 Å². The number of benzene rings is 2. The molecule has 0 radical (unpaired) electrons. The molecule has 0 heterocycles. The third-order valence-corrected chi connectivity index (χ3v) is 5.32. The first-order valence-corrected chi connectivity index (χ1v) is 10.1. The molecule has 0 saturated carbocycles. The fourth-order valence-corrected chi connectivity index (χ4v) is 3.24. The van der Waals surface area contributed by atoms with Crippen molar-refractivity contribution >= 4 is 23.4 Å². The number of hydrogen-bond acceptors (Lipinski definition) is 3. The molecule has 1 N–H and O–H groups in total. The Morgan fingerprint density at radius 2 is 1.79 bits per heavy atom. The van der Waals surface area contributed by atoms with Crippen molar-refractivity contribution in [2.45, 2.75) is 47.2 Å². The average molecular weight is 417 g/mol. The minimum absolute atomic E-state index is 0.157. The van der Waals surface area contributed by atoms with Crippen LogP contribution in [0.1, 0.15) is 36.1 Å². The van der Waals surface area contributed by atoms with Gasteiger partial charge in [-0.1, -0.05) is 41.4 Å². The number of amides is 2. The number of nitrogens with one attached hydrogen (secondary N) is 1. The highest BCUT2D eigenvalue weighted by atomic mass is 35.5. The molecule has 0 aliphatic heterocycles. The van der Waals surface area contributed by atoms with E-state index in [0.717, 1.165) is 22.3 Å². The second-order valence-electron chi connectivity index (χ2n) is 7.24. The summed E-state index contributed by atoms with van der Waals surface area (Å²) < 4.78 is 5.74. The number of carbonyl (C=O) groups is 2. The first kappa shape index (κ1) is 22.8. The quantitative estimate of drug-likeness (QED) is 0.701. The van der Waals surface area contributed by atoms with Crippen LogP contribution in [0.4, 0.5) is 0 Å². The van der Waals surface area contributed by atoms with Crippen LogP contribution in [0.25, 0.3) is 0 Å². The molecule has 0 fully saturated rings. The molecular formula is C23H29ClN2O3. The van der Waals surface area contributed by atoms with Gasteiger partial charge in [-0.05, 0) is 63.4 Å². The predicted molar refractivity (Wildman–Crippen MR) is 116 cm³/mol. The molecule has 0 saturated heterocycles. The lowest BCUT2D eigenvalue weighted by molar-refractivity contribution is -0.142. The van der Waals surface area contributed by atoms with Crippen molar-refractivity contribution in [3.05, 3.63) is 63.7 Å². The molecule has 2 rings (SSSR count). The molecule has 0 aromatic heterocycles. The van der Waals surface area contributed by atoms with Crippen LogP contribution < -0.4 is 10.1 Å². The molecule has 2 aromatic carbocycles. The number of likely N-dealkylation sites (N-methyl/N-ethyl adjacent to an activating group) is 1. The molecule has 0 unspecified atom stereocenters. The third kappa shape index (κ3) is 6.23. The molecule has 0 aliphatic rings. The number of hydrogen-bond donors (Lipinski definition) is 1.